The molecule has 1 aromatic rings. The molecule has 19 heavy (non-hydrogen) atoms. The van der Waals surface area contributed by atoms with Gasteiger partial charge in [0.05, 0.1) is 0 Å². The Hall–Kier alpha value is -1.39. The third kappa shape index (κ3) is 3.55. The highest BCUT2D eigenvalue weighted by Crippen LogP contribution is 2.16. The van der Waals surface area contributed by atoms with E-state index in [9.17, 15) is 4.79 Å². The summed E-state index contributed by atoms with van der Waals surface area (Å²) in [5, 5.41) is 0. The Morgan fingerprint density at radius 3 is 2.68 bits per heavy atom. The molecule has 2 N–H and O–H groups in total. The van der Waals surface area contributed by atoms with Gasteiger partial charge in [-0.3, -0.25) is 4.79 Å². The van der Waals surface area contributed by atoms with Crippen molar-refractivity contribution in [2.75, 3.05) is 26.7 Å². The van der Waals surface area contributed by atoms with Crippen LogP contribution < -0.4 is 5.73 Å². The first-order chi connectivity index (χ1) is 9.08. The number of likely N-dealkylation sites (N-methyl/N-ethyl adjacent to an activating group) is 1. The zero-order valence-corrected chi connectivity index (χ0v) is 11.7. The number of carbonyl (C=O) groups excluding carboxylic acids is 1. The van der Waals surface area contributed by atoms with E-state index in [1.54, 1.807) is 0 Å². The monoisotopic (exact) mass is 261 g/mol. The summed E-state index contributed by atoms with van der Waals surface area (Å²) in [6, 6.07) is 10.0. The zero-order chi connectivity index (χ0) is 13.8. The standard InChI is InChI=1S/C15H23N3O/c1-12-11-18(9-8-17(12)2)15(19)10-14(16)13-6-4-3-5-7-13/h3-7,12,14H,8-11,16H2,1-2H3. The molecule has 0 aromatic heterocycles. The number of hydrogen-bond acceptors (Lipinski definition) is 3. The van der Waals surface area contributed by atoms with Gasteiger partial charge in [-0.15, -0.1) is 0 Å². The van der Waals surface area contributed by atoms with Crippen LogP contribution in [0.2, 0.25) is 0 Å². The summed E-state index contributed by atoms with van der Waals surface area (Å²) in [4.78, 5) is 16.5. The van der Waals surface area contributed by atoms with Gasteiger partial charge in [-0.1, -0.05) is 30.3 Å². The molecular formula is C15H23N3O. The van der Waals surface area contributed by atoms with Crippen molar-refractivity contribution in [3.05, 3.63) is 35.9 Å². The minimum Gasteiger partial charge on any atom is -0.340 e. The van der Waals surface area contributed by atoms with E-state index in [1.807, 2.05) is 35.2 Å². The highest BCUT2D eigenvalue weighted by atomic mass is 16.2. The average Bonchev–Trinajstić information content (AvgIpc) is 2.42. The second-order valence-electron chi connectivity index (χ2n) is 5.39. The molecule has 1 amide bonds. The van der Waals surface area contributed by atoms with Crippen LogP contribution in [0.25, 0.3) is 0 Å². The van der Waals surface area contributed by atoms with Crippen LogP contribution in [0, 0.1) is 0 Å². The molecule has 1 heterocycles. The summed E-state index contributed by atoms with van der Waals surface area (Å²) in [7, 11) is 2.10. The van der Waals surface area contributed by atoms with Crippen LogP contribution >= 0.6 is 0 Å². The lowest BCUT2D eigenvalue weighted by Crippen LogP contribution is -2.52. The van der Waals surface area contributed by atoms with Crippen LogP contribution in [0.1, 0.15) is 24.9 Å². The third-order valence-corrected chi connectivity index (χ3v) is 3.93. The molecule has 1 aliphatic heterocycles. The summed E-state index contributed by atoms with van der Waals surface area (Å²) >= 11 is 0. The van der Waals surface area contributed by atoms with E-state index in [1.165, 1.54) is 0 Å². The maximum absolute atomic E-state index is 12.3. The van der Waals surface area contributed by atoms with Gasteiger partial charge in [-0.05, 0) is 19.5 Å². The molecule has 1 fully saturated rings. The Kier molecular flexibility index (Phi) is 4.56. The maximum atomic E-state index is 12.3. The topological polar surface area (TPSA) is 49.6 Å². The van der Waals surface area contributed by atoms with E-state index in [-0.39, 0.29) is 11.9 Å². The third-order valence-electron chi connectivity index (χ3n) is 3.93. The van der Waals surface area contributed by atoms with Crippen molar-refractivity contribution in [3.63, 3.8) is 0 Å². The van der Waals surface area contributed by atoms with Crippen molar-refractivity contribution in [2.45, 2.75) is 25.4 Å². The molecule has 0 radical (unpaired) electrons. The number of carbonyl (C=O) groups is 1. The van der Waals surface area contributed by atoms with Crippen molar-refractivity contribution in [3.8, 4) is 0 Å². The molecule has 1 saturated heterocycles. The largest absolute Gasteiger partial charge is 0.340 e. The molecule has 2 rings (SSSR count). The number of hydrogen-bond donors (Lipinski definition) is 1. The molecule has 2 atom stereocenters. The molecule has 1 aliphatic rings. The van der Waals surface area contributed by atoms with E-state index in [2.05, 4.69) is 18.9 Å². The Morgan fingerprint density at radius 1 is 1.37 bits per heavy atom. The second-order valence-corrected chi connectivity index (χ2v) is 5.39. The Morgan fingerprint density at radius 2 is 2.05 bits per heavy atom. The highest BCUT2D eigenvalue weighted by molar-refractivity contribution is 5.77. The number of piperazine rings is 1. The van der Waals surface area contributed by atoms with Gasteiger partial charge in [0.1, 0.15) is 0 Å². The molecule has 0 bridgehead atoms. The lowest BCUT2D eigenvalue weighted by atomic mass is 10.0. The Bertz CT molecular complexity index is 421. The quantitative estimate of drug-likeness (QED) is 0.890. The van der Waals surface area contributed by atoms with Crippen LogP contribution in [0.3, 0.4) is 0 Å². The summed E-state index contributed by atoms with van der Waals surface area (Å²) < 4.78 is 0. The van der Waals surface area contributed by atoms with E-state index >= 15 is 0 Å². The van der Waals surface area contributed by atoms with Crippen LogP contribution in [0.4, 0.5) is 0 Å². The SMILES string of the molecule is CC1CN(C(=O)CC(N)c2ccccc2)CCN1C. The van der Waals surface area contributed by atoms with Gasteiger partial charge in [0.25, 0.3) is 0 Å². The zero-order valence-electron chi connectivity index (χ0n) is 11.7. The number of rotatable bonds is 3. The van der Waals surface area contributed by atoms with Gasteiger partial charge >= 0.3 is 0 Å². The fraction of sp³-hybridized carbons (Fsp3) is 0.533. The van der Waals surface area contributed by atoms with Crippen LogP contribution in [-0.2, 0) is 4.79 Å². The molecule has 1 aromatic carbocycles. The van der Waals surface area contributed by atoms with Gasteiger partial charge in [-0.25, -0.2) is 0 Å². The van der Waals surface area contributed by atoms with E-state index in [4.69, 9.17) is 5.73 Å². The summed E-state index contributed by atoms with van der Waals surface area (Å²) in [5.41, 5.74) is 7.13. The van der Waals surface area contributed by atoms with Gasteiger partial charge in [0.2, 0.25) is 5.91 Å². The molecule has 0 spiro atoms. The number of nitrogens with two attached hydrogens (primary N) is 1. The summed E-state index contributed by atoms with van der Waals surface area (Å²) in [6.07, 6.45) is 0.389. The van der Waals surface area contributed by atoms with Gasteiger partial charge in [-0.2, -0.15) is 0 Å². The first-order valence-corrected chi connectivity index (χ1v) is 6.86. The minimum atomic E-state index is -0.205. The normalized spacial score (nSPS) is 22.3. The predicted octanol–water partition coefficient (Wildman–Crippen LogP) is 1.24. The molecule has 2 unspecified atom stereocenters. The number of nitrogens with zero attached hydrogens (tertiary/aromatic N) is 2. The van der Waals surface area contributed by atoms with Crippen LogP contribution in [0.15, 0.2) is 30.3 Å². The predicted molar refractivity (Wildman–Crippen MR) is 76.7 cm³/mol. The molecule has 0 saturated carbocycles. The van der Waals surface area contributed by atoms with E-state index < -0.39 is 0 Å². The van der Waals surface area contributed by atoms with Crippen molar-refractivity contribution in [1.29, 1.82) is 0 Å². The lowest BCUT2D eigenvalue weighted by Gasteiger charge is -2.38. The fourth-order valence-corrected chi connectivity index (χ4v) is 2.41. The Labute approximate surface area is 115 Å². The van der Waals surface area contributed by atoms with Crippen molar-refractivity contribution in [1.82, 2.24) is 9.80 Å². The summed E-state index contributed by atoms with van der Waals surface area (Å²) in [6.45, 7) is 4.70. The Balaban J connectivity index is 1.91. The van der Waals surface area contributed by atoms with E-state index in [0.717, 1.165) is 25.2 Å². The van der Waals surface area contributed by atoms with Crippen LogP contribution in [0.5, 0.6) is 0 Å². The number of amides is 1. The van der Waals surface area contributed by atoms with Gasteiger partial charge in [0.15, 0.2) is 0 Å². The minimum absolute atomic E-state index is 0.163. The molecule has 104 valence electrons. The smallest absolute Gasteiger partial charge is 0.224 e. The maximum Gasteiger partial charge on any atom is 0.224 e. The second kappa shape index (κ2) is 6.17. The first kappa shape index (κ1) is 14.0. The molecule has 4 nitrogen and oxygen atoms in total. The van der Waals surface area contributed by atoms with Crippen LogP contribution in [-0.4, -0.2) is 48.4 Å². The fourth-order valence-electron chi connectivity index (χ4n) is 2.41. The van der Waals surface area contributed by atoms with Gasteiger partial charge in [0, 0.05) is 38.1 Å². The van der Waals surface area contributed by atoms with Crippen molar-refractivity contribution < 1.29 is 4.79 Å². The highest BCUT2D eigenvalue weighted by Gasteiger charge is 2.25. The molecule has 0 aliphatic carbocycles. The lowest BCUT2D eigenvalue weighted by molar-refractivity contribution is -0.134. The average molecular weight is 261 g/mol. The molecule has 4 heteroatoms. The first-order valence-electron chi connectivity index (χ1n) is 6.86. The summed E-state index contributed by atoms with van der Waals surface area (Å²) in [5.74, 6) is 0.163. The number of benzene rings is 1. The van der Waals surface area contributed by atoms with Gasteiger partial charge < -0.3 is 15.5 Å². The molecular weight excluding hydrogens is 238 g/mol. The van der Waals surface area contributed by atoms with Crippen molar-refractivity contribution in [2.24, 2.45) is 5.73 Å². The van der Waals surface area contributed by atoms with E-state index in [0.29, 0.717) is 12.5 Å². The van der Waals surface area contributed by atoms with Crippen molar-refractivity contribution >= 4 is 5.91 Å².